The van der Waals surface area contributed by atoms with E-state index in [4.69, 9.17) is 5.11 Å². The van der Waals surface area contributed by atoms with Crippen LogP contribution in [0.5, 0.6) is 0 Å². The molecule has 3 N–H and O–H groups in total. The van der Waals surface area contributed by atoms with Gasteiger partial charge in [0.1, 0.15) is 5.82 Å². The number of nitrogens with one attached hydrogen (secondary N) is 2. The number of rotatable bonds is 6. The van der Waals surface area contributed by atoms with E-state index in [1.54, 1.807) is 0 Å². The Morgan fingerprint density at radius 2 is 2.17 bits per heavy atom. The Morgan fingerprint density at radius 1 is 1.56 bits per heavy atom. The summed E-state index contributed by atoms with van der Waals surface area (Å²) in [6.45, 7) is 4.86. The third kappa shape index (κ3) is 3.81. The van der Waals surface area contributed by atoms with Gasteiger partial charge in [0.15, 0.2) is 5.03 Å². The van der Waals surface area contributed by atoms with Crippen molar-refractivity contribution in [2.24, 2.45) is 0 Å². The molecule has 0 radical (unpaired) electrons. The second-order valence-electron chi connectivity index (χ2n) is 4.61. The van der Waals surface area contributed by atoms with Crippen LogP contribution in [-0.4, -0.2) is 35.0 Å². The van der Waals surface area contributed by atoms with E-state index in [1.807, 2.05) is 6.92 Å². The van der Waals surface area contributed by atoms with Crippen LogP contribution in [0.3, 0.4) is 0 Å². The average molecular weight is 275 g/mol. The molecule has 0 fully saturated rings. The van der Waals surface area contributed by atoms with Crippen molar-refractivity contribution in [2.45, 2.75) is 44.2 Å². The highest BCUT2D eigenvalue weighted by Crippen LogP contribution is 2.14. The van der Waals surface area contributed by atoms with Gasteiger partial charge in [0.25, 0.3) is 10.0 Å². The topological polar surface area (TPSA) is 112 Å². The summed E-state index contributed by atoms with van der Waals surface area (Å²) in [4.78, 5) is 17.2. The molecule has 102 valence electrons. The molecule has 0 atom stereocenters. The monoisotopic (exact) mass is 275 g/mol. The first kappa shape index (κ1) is 14.7. The summed E-state index contributed by atoms with van der Waals surface area (Å²) in [5, 5.41) is 8.65. The van der Waals surface area contributed by atoms with Gasteiger partial charge in [0.05, 0.1) is 12.6 Å². The van der Waals surface area contributed by atoms with Crippen molar-refractivity contribution >= 4 is 16.0 Å². The maximum Gasteiger partial charge on any atom is 0.305 e. The molecule has 18 heavy (non-hydrogen) atoms. The van der Waals surface area contributed by atoms with Crippen LogP contribution in [0.2, 0.25) is 0 Å². The number of aromatic nitrogens is 2. The Balaban J connectivity index is 2.91. The van der Waals surface area contributed by atoms with Crippen LogP contribution in [0.25, 0.3) is 0 Å². The minimum Gasteiger partial charge on any atom is -0.481 e. The van der Waals surface area contributed by atoms with Crippen LogP contribution in [0.15, 0.2) is 11.2 Å². The third-order valence-corrected chi connectivity index (χ3v) is 3.84. The molecule has 0 saturated heterocycles. The molecule has 1 aromatic rings. The van der Waals surface area contributed by atoms with E-state index in [0.29, 0.717) is 12.2 Å². The molecular formula is C10H17N3O4S. The van der Waals surface area contributed by atoms with E-state index >= 15 is 0 Å². The molecule has 0 aromatic carbocycles. The molecule has 0 bridgehead atoms. The van der Waals surface area contributed by atoms with Gasteiger partial charge in [0, 0.05) is 12.0 Å². The van der Waals surface area contributed by atoms with E-state index in [-0.39, 0.29) is 11.4 Å². The Labute approximate surface area is 106 Å². The van der Waals surface area contributed by atoms with Crippen LogP contribution in [0, 0.1) is 0 Å². The number of aromatic amines is 1. The summed E-state index contributed by atoms with van der Waals surface area (Å²) in [7, 11) is -3.78. The first-order valence-electron chi connectivity index (χ1n) is 5.46. The van der Waals surface area contributed by atoms with Crippen molar-refractivity contribution in [1.29, 1.82) is 0 Å². The zero-order valence-corrected chi connectivity index (χ0v) is 11.3. The number of carbonyl (C=O) groups is 1. The lowest BCUT2D eigenvalue weighted by Gasteiger charge is -2.23. The Kier molecular flexibility index (Phi) is 4.12. The van der Waals surface area contributed by atoms with Gasteiger partial charge in [-0.15, -0.1) is 0 Å². The molecule has 1 rings (SSSR count). The van der Waals surface area contributed by atoms with Gasteiger partial charge in [-0.2, -0.15) is 0 Å². The molecular weight excluding hydrogens is 258 g/mol. The van der Waals surface area contributed by atoms with Gasteiger partial charge in [-0.05, 0) is 13.8 Å². The van der Waals surface area contributed by atoms with Gasteiger partial charge in [-0.1, -0.05) is 6.92 Å². The molecule has 0 aliphatic heterocycles. The Bertz CT molecular complexity index is 533. The number of sulfonamides is 1. The number of hydrogen-bond donors (Lipinski definition) is 3. The Morgan fingerprint density at radius 3 is 2.61 bits per heavy atom. The molecule has 0 aliphatic carbocycles. The summed E-state index contributed by atoms with van der Waals surface area (Å²) >= 11 is 0. The van der Waals surface area contributed by atoms with E-state index < -0.39 is 21.5 Å². The first-order chi connectivity index (χ1) is 8.16. The first-order valence-corrected chi connectivity index (χ1v) is 6.94. The molecule has 0 unspecified atom stereocenters. The van der Waals surface area contributed by atoms with Gasteiger partial charge >= 0.3 is 5.97 Å². The number of nitrogens with zero attached hydrogens (tertiary/aromatic N) is 1. The van der Waals surface area contributed by atoms with Crippen LogP contribution < -0.4 is 4.72 Å². The number of H-pyrrole nitrogens is 1. The fourth-order valence-corrected chi connectivity index (χ4v) is 2.85. The zero-order valence-electron chi connectivity index (χ0n) is 10.5. The molecule has 0 saturated carbocycles. The van der Waals surface area contributed by atoms with Crippen molar-refractivity contribution in [3.63, 3.8) is 0 Å². The normalized spacial score (nSPS) is 12.6. The fourth-order valence-electron chi connectivity index (χ4n) is 1.49. The highest BCUT2D eigenvalue weighted by molar-refractivity contribution is 7.89. The number of imidazole rings is 1. The number of aryl methyl sites for hydroxylation is 1. The number of aliphatic carboxylic acids is 1. The SMILES string of the molecule is CCc1ncc(S(=O)(=O)NC(C)(C)CC(=O)O)[nH]1. The van der Waals surface area contributed by atoms with Crippen molar-refractivity contribution in [1.82, 2.24) is 14.7 Å². The fraction of sp³-hybridized carbons (Fsp3) is 0.600. The second-order valence-corrected chi connectivity index (χ2v) is 6.26. The predicted octanol–water partition coefficient (Wildman–Crippen LogP) is 0.504. The summed E-state index contributed by atoms with van der Waals surface area (Å²) in [6.07, 6.45) is 1.51. The van der Waals surface area contributed by atoms with Crippen molar-refractivity contribution in [3.05, 3.63) is 12.0 Å². The lowest BCUT2D eigenvalue weighted by Crippen LogP contribution is -2.44. The van der Waals surface area contributed by atoms with Gasteiger partial charge in [-0.3, -0.25) is 4.79 Å². The molecule has 0 amide bonds. The molecule has 0 aliphatic rings. The average Bonchev–Trinajstić information content (AvgIpc) is 2.61. The van der Waals surface area contributed by atoms with Crippen molar-refractivity contribution in [2.75, 3.05) is 0 Å². The summed E-state index contributed by atoms with van der Waals surface area (Å²) in [6, 6.07) is 0. The smallest absolute Gasteiger partial charge is 0.305 e. The van der Waals surface area contributed by atoms with Gasteiger partial charge in [0.2, 0.25) is 0 Å². The lowest BCUT2D eigenvalue weighted by molar-refractivity contribution is -0.138. The highest BCUT2D eigenvalue weighted by atomic mass is 32.2. The summed E-state index contributed by atoms with van der Waals surface area (Å²) < 4.78 is 26.3. The van der Waals surface area contributed by atoms with Gasteiger partial charge in [-0.25, -0.2) is 18.1 Å². The lowest BCUT2D eigenvalue weighted by atomic mass is 10.0. The van der Waals surface area contributed by atoms with E-state index in [1.165, 1.54) is 20.0 Å². The molecule has 1 heterocycles. The Hall–Kier alpha value is -1.41. The summed E-state index contributed by atoms with van der Waals surface area (Å²) in [5.41, 5.74) is -1.07. The van der Waals surface area contributed by atoms with Crippen LogP contribution in [0.1, 0.15) is 33.0 Å². The molecule has 0 spiro atoms. The highest BCUT2D eigenvalue weighted by Gasteiger charge is 2.29. The van der Waals surface area contributed by atoms with E-state index in [9.17, 15) is 13.2 Å². The van der Waals surface area contributed by atoms with Gasteiger partial charge < -0.3 is 10.1 Å². The molecule has 7 nitrogen and oxygen atoms in total. The van der Waals surface area contributed by atoms with Crippen molar-refractivity contribution < 1.29 is 18.3 Å². The summed E-state index contributed by atoms with van der Waals surface area (Å²) in [5.74, 6) is -0.507. The van der Waals surface area contributed by atoms with Crippen LogP contribution in [-0.2, 0) is 21.2 Å². The number of hydrogen-bond acceptors (Lipinski definition) is 4. The maximum atomic E-state index is 12.0. The minimum atomic E-state index is -3.78. The quantitative estimate of drug-likeness (QED) is 0.700. The number of carboxylic acid groups (broad SMARTS) is 1. The number of carboxylic acids is 1. The predicted molar refractivity (Wildman–Crippen MR) is 64.6 cm³/mol. The largest absolute Gasteiger partial charge is 0.481 e. The van der Waals surface area contributed by atoms with E-state index in [2.05, 4.69) is 14.7 Å². The molecule has 8 heteroatoms. The van der Waals surface area contributed by atoms with Crippen LogP contribution >= 0.6 is 0 Å². The second kappa shape index (κ2) is 5.07. The third-order valence-electron chi connectivity index (χ3n) is 2.23. The minimum absolute atomic E-state index is 0.0576. The maximum absolute atomic E-state index is 12.0. The van der Waals surface area contributed by atoms with Crippen molar-refractivity contribution in [3.8, 4) is 0 Å². The van der Waals surface area contributed by atoms with E-state index in [0.717, 1.165) is 0 Å². The van der Waals surface area contributed by atoms with Crippen LogP contribution in [0.4, 0.5) is 0 Å². The molecule has 1 aromatic heterocycles. The standard InChI is InChI=1S/C10H17N3O4S/c1-4-7-11-6-8(12-7)18(16,17)13-10(2,3)5-9(14)15/h6,13H,4-5H2,1-3H3,(H,11,12)(H,14,15). The zero-order chi connectivity index (χ0) is 14.0.